The Morgan fingerprint density at radius 2 is 0.950 bits per heavy atom. The van der Waals surface area contributed by atoms with Gasteiger partial charge in [0.1, 0.15) is 0 Å². The van der Waals surface area contributed by atoms with Crippen molar-refractivity contribution in [3.8, 4) is 0 Å². The van der Waals surface area contributed by atoms with Crippen molar-refractivity contribution in [3.05, 3.63) is 0 Å². The molecule has 0 bridgehead atoms. The van der Waals surface area contributed by atoms with Gasteiger partial charge >= 0.3 is 8.56 Å². The van der Waals surface area contributed by atoms with Crippen LogP contribution in [0, 0.1) is 0 Å². The van der Waals surface area contributed by atoms with Crippen LogP contribution in [0.2, 0.25) is 58.9 Å². The second kappa shape index (κ2) is 11.3. The average molecular weight is 361 g/mol. The summed E-state index contributed by atoms with van der Waals surface area (Å²) in [6, 6.07) is 0. The quantitative estimate of drug-likeness (QED) is 0.560. The lowest BCUT2D eigenvalue weighted by molar-refractivity contribution is 0.352. The molecule has 20 heavy (non-hydrogen) atoms. The van der Waals surface area contributed by atoms with Gasteiger partial charge in [0.05, 0.1) is 0 Å². The molecule has 0 aromatic carbocycles. The van der Waals surface area contributed by atoms with E-state index in [1.807, 2.05) is 0 Å². The first-order valence-electron chi connectivity index (χ1n) is 5.87. The predicted molar refractivity (Wildman–Crippen MR) is 107 cm³/mol. The highest BCUT2D eigenvalue weighted by Gasteiger charge is 2.34. The fraction of sp³-hybridized carbons (Fsp3) is 1.00. The third-order valence-electron chi connectivity index (χ3n) is 1.52. The van der Waals surface area contributed by atoms with Crippen LogP contribution in [0.15, 0.2) is 0 Å². The van der Waals surface area contributed by atoms with E-state index in [0.717, 1.165) is 0 Å². The lowest BCUT2D eigenvalue weighted by atomic mass is 11.8. The first kappa shape index (κ1) is 32.6. The first-order valence-corrected chi connectivity index (χ1v) is 17.6. The molecule has 0 aliphatic heterocycles. The molecule has 0 amide bonds. The van der Waals surface area contributed by atoms with Crippen molar-refractivity contribution < 1.29 is 12.3 Å². The van der Waals surface area contributed by atoms with E-state index in [4.69, 9.17) is 12.3 Å². The van der Waals surface area contributed by atoms with Crippen LogP contribution >= 0.6 is 0 Å². The monoisotopic (exact) mass is 360 g/mol. The molecule has 1 atom stereocenters. The van der Waals surface area contributed by atoms with Crippen molar-refractivity contribution in [2.75, 3.05) is 0 Å². The van der Waals surface area contributed by atoms with Crippen molar-refractivity contribution in [1.82, 2.24) is 0 Å². The molecule has 0 rings (SSSR count). The highest BCUT2D eigenvalue weighted by atomic mass is 28.5. The van der Waals surface area contributed by atoms with Crippen molar-refractivity contribution in [1.29, 1.82) is 0 Å². The van der Waals surface area contributed by atoms with Gasteiger partial charge in [0.2, 0.25) is 0 Å². The molecule has 1 unspecified atom stereocenters. The minimum atomic E-state index is -1.98. The van der Waals surface area contributed by atoms with Gasteiger partial charge in [-0.25, -0.2) is 0 Å². The second-order valence-corrected chi connectivity index (χ2v) is 21.6. The summed E-state index contributed by atoms with van der Waals surface area (Å²) in [5.74, 6) is 0. The van der Waals surface area contributed by atoms with E-state index in [1.54, 1.807) is 0 Å². The van der Waals surface area contributed by atoms with Crippen LogP contribution in [0.5, 0.6) is 0 Å². The molecule has 0 spiro atoms. The summed E-state index contributed by atoms with van der Waals surface area (Å²) in [6.45, 7) is 19.6. The lowest BCUT2D eigenvalue weighted by Crippen LogP contribution is -2.49. The zero-order valence-electron chi connectivity index (χ0n) is 12.3. The van der Waals surface area contributed by atoms with Crippen LogP contribution in [0.1, 0.15) is 29.7 Å². The molecule has 0 saturated carbocycles. The molecule has 0 N–H and O–H groups in total. The molecule has 0 heterocycles. The van der Waals surface area contributed by atoms with Gasteiger partial charge in [-0.05, 0) is 58.9 Å². The minimum Gasteiger partial charge on any atom is -0.439 e. The fourth-order valence-electron chi connectivity index (χ4n) is 1.68. The predicted octanol–water partition coefficient (Wildman–Crippen LogP) is 5.80. The maximum absolute atomic E-state index is 6.14. The molecule has 0 aliphatic rings. The van der Waals surface area contributed by atoms with E-state index in [9.17, 15) is 0 Å². The Kier molecular flexibility index (Phi) is 18.5. The van der Waals surface area contributed by atoms with E-state index in [-0.39, 0.29) is 29.7 Å². The topological polar surface area (TPSA) is 27.7 Å². The molecule has 0 saturated heterocycles. The Labute approximate surface area is 135 Å². The molecular formula is C13H44O3Si4. The zero-order valence-corrected chi connectivity index (χ0v) is 16.5. The Bertz CT molecular complexity index is 223. The van der Waals surface area contributed by atoms with E-state index in [2.05, 4.69) is 58.9 Å². The summed E-state index contributed by atoms with van der Waals surface area (Å²) in [5.41, 5.74) is 0. The minimum absolute atomic E-state index is 0. The van der Waals surface area contributed by atoms with Crippen LogP contribution in [0.25, 0.3) is 0 Å². The van der Waals surface area contributed by atoms with Crippen molar-refractivity contribution >= 4 is 34.5 Å². The maximum atomic E-state index is 6.14. The van der Waals surface area contributed by atoms with E-state index in [0.29, 0.717) is 0 Å². The summed E-state index contributed by atoms with van der Waals surface area (Å²) in [7, 11) is -6.47. The van der Waals surface area contributed by atoms with E-state index in [1.165, 1.54) is 0 Å². The van der Waals surface area contributed by atoms with Gasteiger partial charge < -0.3 is 12.3 Å². The summed E-state index contributed by atoms with van der Waals surface area (Å²) >= 11 is 0. The number of rotatable bonds is 6. The van der Waals surface area contributed by atoms with Crippen LogP contribution in [0.4, 0.5) is 0 Å². The fourth-order valence-corrected chi connectivity index (χ4v) is 16.0. The average Bonchev–Trinajstić information content (AvgIpc) is 1.70. The number of hydrogen-bond donors (Lipinski definition) is 0. The second-order valence-electron chi connectivity index (χ2n) is 6.53. The summed E-state index contributed by atoms with van der Waals surface area (Å²) in [6.07, 6.45) is 0. The van der Waals surface area contributed by atoms with Crippen molar-refractivity contribution in [3.63, 3.8) is 0 Å². The van der Waals surface area contributed by atoms with E-state index < -0.39 is 34.5 Å². The largest absolute Gasteiger partial charge is 0.439 e. The zero-order chi connectivity index (χ0) is 13.2. The lowest BCUT2D eigenvalue weighted by Gasteiger charge is -2.34. The molecule has 0 aromatic heterocycles. The molecule has 130 valence electrons. The number of hydrogen-bond acceptors (Lipinski definition) is 3. The molecule has 3 nitrogen and oxygen atoms in total. The van der Waals surface area contributed by atoms with Crippen LogP contribution in [-0.2, 0) is 12.3 Å². The summed E-state index contributed by atoms with van der Waals surface area (Å²) in [5, 5.41) is 0. The molecular weight excluding hydrogens is 316 g/mol. The Morgan fingerprint density at radius 1 is 0.600 bits per heavy atom. The first-order chi connectivity index (χ1) is 6.81. The molecule has 0 aromatic rings. The molecule has 0 aliphatic carbocycles. The highest BCUT2D eigenvalue weighted by Crippen LogP contribution is 2.17. The third-order valence-corrected chi connectivity index (χ3v) is 13.7. The van der Waals surface area contributed by atoms with Gasteiger partial charge in [-0.2, -0.15) is 0 Å². The normalized spacial score (nSPS) is 13.1. The van der Waals surface area contributed by atoms with Gasteiger partial charge in [-0.3, -0.25) is 0 Å². The SMILES string of the molecule is C.C.C.C.C[SiH](O[Si](C)(C)C)O[Si](C)(C)O[Si](C)(C)C. The molecule has 0 radical (unpaired) electrons. The van der Waals surface area contributed by atoms with Gasteiger partial charge in [-0.1, -0.05) is 29.7 Å². The van der Waals surface area contributed by atoms with Gasteiger partial charge in [-0.15, -0.1) is 0 Å². The van der Waals surface area contributed by atoms with Gasteiger partial charge in [0.25, 0.3) is 9.28 Å². The summed E-state index contributed by atoms with van der Waals surface area (Å²) < 4.78 is 18.2. The summed E-state index contributed by atoms with van der Waals surface area (Å²) in [4.78, 5) is 0. The maximum Gasteiger partial charge on any atom is 0.312 e. The van der Waals surface area contributed by atoms with Gasteiger partial charge in [0.15, 0.2) is 16.6 Å². The Morgan fingerprint density at radius 3 is 1.20 bits per heavy atom. The highest BCUT2D eigenvalue weighted by molar-refractivity contribution is 6.84. The van der Waals surface area contributed by atoms with Crippen molar-refractivity contribution in [2.45, 2.75) is 88.6 Å². The Balaban J connectivity index is -0.000000187. The Hall–Kier alpha value is 0.748. The third kappa shape index (κ3) is 21.1. The van der Waals surface area contributed by atoms with Crippen LogP contribution in [-0.4, -0.2) is 34.5 Å². The van der Waals surface area contributed by atoms with Gasteiger partial charge in [0, 0.05) is 0 Å². The van der Waals surface area contributed by atoms with E-state index >= 15 is 0 Å². The van der Waals surface area contributed by atoms with Crippen LogP contribution in [0.3, 0.4) is 0 Å². The smallest absolute Gasteiger partial charge is 0.312 e. The molecule has 0 fully saturated rings. The van der Waals surface area contributed by atoms with Crippen LogP contribution < -0.4 is 0 Å². The molecule has 7 heteroatoms. The standard InChI is InChI=1S/C9H28O3Si4.4CH4/c1-13(10-14(2,3)4)11-16(8,9)12-15(5,6)7;;;;/h13H,1-9H3;4*1H4. The van der Waals surface area contributed by atoms with Crippen molar-refractivity contribution in [2.24, 2.45) is 0 Å².